The maximum absolute atomic E-state index is 13.8. The number of benzene rings is 2. The molecule has 11 heteroatoms. The summed E-state index contributed by atoms with van der Waals surface area (Å²) in [5.74, 6) is -2.28. The largest absolute Gasteiger partial charge is 0.501 e. The number of carbonyl (C=O) groups excluding carboxylic acids is 1. The standard InChI is InChI=1S/C19H17F5N2O3S/c20-12-5-6-16(17(11-12)30(28,29)19(22,23)24)25-13-7-9-26(10-8-13)18(27)14-3-1-2-4-15(14)21/h1-6,11,13,25H,7-10H2. The summed E-state index contributed by atoms with van der Waals surface area (Å²) in [5.41, 5.74) is -6.03. The molecule has 2 aromatic rings. The molecule has 1 aliphatic heterocycles. The van der Waals surface area contributed by atoms with Crippen LogP contribution in [0.5, 0.6) is 0 Å². The average Bonchev–Trinajstić information content (AvgIpc) is 2.69. The molecule has 0 aromatic heterocycles. The summed E-state index contributed by atoms with van der Waals surface area (Å²) in [5, 5.41) is 2.71. The van der Waals surface area contributed by atoms with Crippen molar-refractivity contribution in [2.75, 3.05) is 18.4 Å². The van der Waals surface area contributed by atoms with Crippen LogP contribution in [0.1, 0.15) is 23.2 Å². The summed E-state index contributed by atoms with van der Waals surface area (Å²) in [6.07, 6.45) is 0.562. The Bertz CT molecular complexity index is 1050. The van der Waals surface area contributed by atoms with Crippen molar-refractivity contribution in [2.45, 2.75) is 29.3 Å². The van der Waals surface area contributed by atoms with Gasteiger partial charge in [-0.1, -0.05) is 12.1 Å². The number of anilines is 1. The molecule has 2 aromatic carbocycles. The number of hydrogen-bond donors (Lipinski definition) is 1. The summed E-state index contributed by atoms with van der Waals surface area (Å²) in [4.78, 5) is 12.7. The molecule has 1 amide bonds. The van der Waals surface area contributed by atoms with E-state index in [1.807, 2.05) is 0 Å². The third-order valence-electron chi connectivity index (χ3n) is 4.78. The molecule has 1 aliphatic rings. The first-order chi connectivity index (χ1) is 14.0. The topological polar surface area (TPSA) is 66.5 Å². The Morgan fingerprint density at radius 1 is 1.03 bits per heavy atom. The number of likely N-dealkylation sites (tertiary alicyclic amines) is 1. The van der Waals surface area contributed by atoms with Crippen LogP contribution in [0.15, 0.2) is 47.4 Å². The lowest BCUT2D eigenvalue weighted by molar-refractivity contribution is -0.0435. The molecular formula is C19H17F5N2O3S. The van der Waals surface area contributed by atoms with Crippen molar-refractivity contribution < 1.29 is 35.2 Å². The normalized spacial score (nSPS) is 15.8. The lowest BCUT2D eigenvalue weighted by Gasteiger charge is -2.33. The third-order valence-corrected chi connectivity index (χ3v) is 6.31. The Morgan fingerprint density at radius 2 is 1.67 bits per heavy atom. The van der Waals surface area contributed by atoms with Crippen molar-refractivity contribution in [1.29, 1.82) is 0 Å². The molecule has 1 fully saturated rings. The van der Waals surface area contributed by atoms with Crippen molar-refractivity contribution >= 4 is 21.4 Å². The van der Waals surface area contributed by atoms with Crippen LogP contribution in [0, 0.1) is 11.6 Å². The van der Waals surface area contributed by atoms with E-state index in [9.17, 15) is 35.2 Å². The number of carbonyl (C=O) groups is 1. The highest BCUT2D eigenvalue weighted by molar-refractivity contribution is 7.92. The van der Waals surface area contributed by atoms with E-state index in [2.05, 4.69) is 5.32 Å². The van der Waals surface area contributed by atoms with Crippen LogP contribution in [0.2, 0.25) is 0 Å². The molecule has 1 heterocycles. The molecule has 0 saturated carbocycles. The fourth-order valence-electron chi connectivity index (χ4n) is 3.21. The SMILES string of the molecule is O=C(c1ccccc1F)N1CCC(Nc2ccc(F)cc2S(=O)(=O)C(F)(F)F)CC1. The Balaban J connectivity index is 1.73. The van der Waals surface area contributed by atoms with Gasteiger partial charge in [-0.2, -0.15) is 13.2 Å². The quantitative estimate of drug-likeness (QED) is 0.719. The number of rotatable bonds is 4. The van der Waals surface area contributed by atoms with E-state index >= 15 is 0 Å². The van der Waals surface area contributed by atoms with Gasteiger partial charge in [0, 0.05) is 19.1 Å². The van der Waals surface area contributed by atoms with Crippen LogP contribution in [0.25, 0.3) is 0 Å². The van der Waals surface area contributed by atoms with Crippen molar-refractivity contribution in [1.82, 2.24) is 4.90 Å². The molecular weight excluding hydrogens is 431 g/mol. The lowest BCUT2D eigenvalue weighted by Crippen LogP contribution is -2.42. The second kappa shape index (κ2) is 8.21. The van der Waals surface area contributed by atoms with Crippen LogP contribution in [-0.4, -0.2) is 43.9 Å². The summed E-state index contributed by atoms with van der Waals surface area (Å²) >= 11 is 0. The minimum absolute atomic E-state index is 0.0824. The predicted octanol–water partition coefficient (Wildman–Crippen LogP) is 3.98. The number of nitrogens with zero attached hydrogens (tertiary/aromatic N) is 1. The third kappa shape index (κ3) is 4.40. The first-order valence-corrected chi connectivity index (χ1v) is 10.4. The van der Waals surface area contributed by atoms with Crippen LogP contribution < -0.4 is 5.32 Å². The van der Waals surface area contributed by atoms with Gasteiger partial charge < -0.3 is 10.2 Å². The summed E-state index contributed by atoms with van der Waals surface area (Å²) in [6, 6.07) is 7.16. The van der Waals surface area contributed by atoms with Gasteiger partial charge in [-0.05, 0) is 43.2 Å². The number of alkyl halides is 3. The zero-order chi connectivity index (χ0) is 22.1. The van der Waals surface area contributed by atoms with E-state index in [1.165, 1.54) is 29.2 Å². The first-order valence-electron chi connectivity index (χ1n) is 8.92. The molecule has 0 radical (unpaired) electrons. The van der Waals surface area contributed by atoms with Gasteiger partial charge in [0.2, 0.25) is 0 Å². The van der Waals surface area contributed by atoms with E-state index in [4.69, 9.17) is 0 Å². The molecule has 5 nitrogen and oxygen atoms in total. The van der Waals surface area contributed by atoms with Gasteiger partial charge in [0.25, 0.3) is 15.7 Å². The number of hydrogen-bond acceptors (Lipinski definition) is 4. The van der Waals surface area contributed by atoms with Crippen molar-refractivity contribution in [3.8, 4) is 0 Å². The van der Waals surface area contributed by atoms with Gasteiger partial charge in [-0.3, -0.25) is 4.79 Å². The fourth-order valence-corrected chi connectivity index (χ4v) is 4.15. The molecule has 0 bridgehead atoms. The van der Waals surface area contributed by atoms with Gasteiger partial charge in [-0.25, -0.2) is 17.2 Å². The second-order valence-corrected chi connectivity index (χ2v) is 8.69. The first kappa shape index (κ1) is 22.0. The molecule has 3 rings (SSSR count). The van der Waals surface area contributed by atoms with Gasteiger partial charge in [0.05, 0.1) is 11.3 Å². The number of halogens is 5. The van der Waals surface area contributed by atoms with Crippen LogP contribution in [-0.2, 0) is 9.84 Å². The molecule has 0 unspecified atom stereocenters. The van der Waals surface area contributed by atoms with E-state index in [-0.39, 0.29) is 37.2 Å². The smallest absolute Gasteiger partial charge is 0.381 e. The number of amides is 1. The van der Waals surface area contributed by atoms with E-state index in [1.54, 1.807) is 0 Å². The Morgan fingerprint density at radius 3 is 2.27 bits per heavy atom. The molecule has 1 N–H and O–H groups in total. The fraction of sp³-hybridized carbons (Fsp3) is 0.316. The predicted molar refractivity (Wildman–Crippen MR) is 98.6 cm³/mol. The number of sulfone groups is 1. The Labute approximate surface area is 169 Å². The molecule has 0 aliphatic carbocycles. The molecule has 30 heavy (non-hydrogen) atoms. The molecule has 0 spiro atoms. The summed E-state index contributed by atoms with van der Waals surface area (Å²) in [6.45, 7) is 0.376. The van der Waals surface area contributed by atoms with Crippen LogP contribution >= 0.6 is 0 Å². The van der Waals surface area contributed by atoms with Crippen molar-refractivity contribution in [3.05, 3.63) is 59.7 Å². The molecule has 1 saturated heterocycles. The van der Waals surface area contributed by atoms with Crippen LogP contribution in [0.4, 0.5) is 27.6 Å². The zero-order valence-electron chi connectivity index (χ0n) is 15.4. The summed E-state index contributed by atoms with van der Waals surface area (Å²) < 4.78 is 89.6. The minimum atomic E-state index is -5.75. The van der Waals surface area contributed by atoms with Crippen LogP contribution in [0.3, 0.4) is 0 Å². The van der Waals surface area contributed by atoms with Crippen molar-refractivity contribution in [3.63, 3.8) is 0 Å². The summed E-state index contributed by atoms with van der Waals surface area (Å²) in [7, 11) is -5.75. The Hall–Kier alpha value is -2.69. The number of piperidine rings is 1. The van der Waals surface area contributed by atoms with E-state index in [0.717, 1.165) is 12.1 Å². The maximum Gasteiger partial charge on any atom is 0.501 e. The van der Waals surface area contributed by atoms with Gasteiger partial charge in [-0.15, -0.1) is 0 Å². The molecule has 162 valence electrons. The lowest BCUT2D eigenvalue weighted by atomic mass is 10.0. The number of nitrogens with one attached hydrogen (secondary N) is 1. The van der Waals surface area contributed by atoms with Gasteiger partial charge in [0.15, 0.2) is 0 Å². The highest BCUT2D eigenvalue weighted by Crippen LogP contribution is 2.35. The maximum atomic E-state index is 13.8. The van der Waals surface area contributed by atoms with Crippen molar-refractivity contribution in [2.24, 2.45) is 0 Å². The molecule has 0 atom stereocenters. The van der Waals surface area contributed by atoms with E-state index < -0.39 is 43.8 Å². The highest BCUT2D eigenvalue weighted by Gasteiger charge is 2.48. The highest BCUT2D eigenvalue weighted by atomic mass is 32.2. The van der Waals surface area contributed by atoms with Gasteiger partial charge in [0.1, 0.15) is 16.5 Å². The van der Waals surface area contributed by atoms with Gasteiger partial charge >= 0.3 is 5.51 Å². The minimum Gasteiger partial charge on any atom is -0.381 e. The van der Waals surface area contributed by atoms with E-state index in [0.29, 0.717) is 6.07 Å². The zero-order valence-corrected chi connectivity index (χ0v) is 16.2. The monoisotopic (exact) mass is 448 g/mol. The second-order valence-electron chi connectivity index (χ2n) is 6.78. The Kier molecular flexibility index (Phi) is 6.02. The average molecular weight is 448 g/mol.